The van der Waals surface area contributed by atoms with Gasteiger partial charge in [0, 0.05) is 18.3 Å². The van der Waals surface area contributed by atoms with Gasteiger partial charge in [-0.15, -0.1) is 0 Å². The summed E-state index contributed by atoms with van der Waals surface area (Å²) in [6.07, 6.45) is 13.7. The van der Waals surface area contributed by atoms with E-state index in [9.17, 15) is 9.59 Å². The summed E-state index contributed by atoms with van der Waals surface area (Å²) in [7, 11) is 0. The maximum absolute atomic E-state index is 12.5. The average molecular weight is 359 g/mol. The topological polar surface area (TPSA) is 54.4 Å². The lowest BCUT2D eigenvalue weighted by atomic mass is 9.45. The van der Waals surface area contributed by atoms with E-state index in [-0.39, 0.29) is 11.8 Å². The third-order valence-corrected chi connectivity index (χ3v) is 9.06. The van der Waals surface area contributed by atoms with Crippen LogP contribution >= 0.6 is 0 Å². The van der Waals surface area contributed by atoms with Gasteiger partial charge in [0.1, 0.15) is 5.78 Å². The van der Waals surface area contributed by atoms with Crippen LogP contribution < -0.4 is 0 Å². The smallest absolute Gasteiger partial charge is 0.303 e. The minimum absolute atomic E-state index is 0.0130. The predicted molar refractivity (Wildman–Crippen MR) is 102 cm³/mol. The fraction of sp³-hybridized carbons (Fsp3) is 0.826. The van der Waals surface area contributed by atoms with E-state index in [1.807, 2.05) is 0 Å². The standard InChI is InChI=1S/C23H34O3/c1-22-12-10-15(4-3-5-21(25)26)14-16(22)6-7-17-18-8-9-20(24)23(18,2)13-11-19(17)22/h4,16-19H,3,5-14H2,1-2H3,(H,25,26)/b15-4-. The predicted octanol–water partition coefficient (Wildman–Crippen LogP) is 5.39. The molecule has 3 heteroatoms. The minimum atomic E-state index is -0.695. The van der Waals surface area contributed by atoms with E-state index in [4.69, 9.17) is 5.11 Å². The fourth-order valence-corrected chi connectivity index (χ4v) is 7.46. The zero-order valence-corrected chi connectivity index (χ0v) is 16.4. The Morgan fingerprint density at radius 1 is 1.12 bits per heavy atom. The third kappa shape index (κ3) is 2.77. The van der Waals surface area contributed by atoms with E-state index in [2.05, 4.69) is 19.9 Å². The van der Waals surface area contributed by atoms with Crippen molar-refractivity contribution < 1.29 is 14.7 Å². The highest BCUT2D eigenvalue weighted by molar-refractivity contribution is 5.87. The quantitative estimate of drug-likeness (QED) is 0.688. The van der Waals surface area contributed by atoms with Crippen LogP contribution in [0.15, 0.2) is 11.6 Å². The van der Waals surface area contributed by atoms with Crippen molar-refractivity contribution in [3.05, 3.63) is 11.6 Å². The van der Waals surface area contributed by atoms with Crippen molar-refractivity contribution in [2.75, 3.05) is 0 Å². The molecule has 144 valence electrons. The van der Waals surface area contributed by atoms with Crippen LogP contribution in [0, 0.1) is 34.5 Å². The van der Waals surface area contributed by atoms with E-state index < -0.39 is 5.97 Å². The van der Waals surface area contributed by atoms with Crippen molar-refractivity contribution in [3.8, 4) is 0 Å². The highest BCUT2D eigenvalue weighted by Crippen LogP contribution is 2.65. The molecule has 4 rings (SSSR count). The second-order valence-electron chi connectivity index (χ2n) is 10.1. The summed E-state index contributed by atoms with van der Waals surface area (Å²) >= 11 is 0. The van der Waals surface area contributed by atoms with Gasteiger partial charge in [-0.05, 0) is 86.9 Å². The number of carboxylic acids is 1. The van der Waals surface area contributed by atoms with Gasteiger partial charge in [0.2, 0.25) is 0 Å². The maximum Gasteiger partial charge on any atom is 0.303 e. The number of carbonyl (C=O) groups excluding carboxylic acids is 1. The lowest BCUT2D eigenvalue weighted by molar-refractivity contribution is -0.137. The van der Waals surface area contributed by atoms with Crippen molar-refractivity contribution in [1.82, 2.24) is 0 Å². The molecule has 0 bridgehead atoms. The van der Waals surface area contributed by atoms with Crippen LogP contribution in [0.5, 0.6) is 0 Å². The van der Waals surface area contributed by atoms with Crippen LogP contribution in [-0.2, 0) is 9.59 Å². The number of rotatable bonds is 3. The Balaban J connectivity index is 1.49. The van der Waals surface area contributed by atoms with Crippen LogP contribution in [-0.4, -0.2) is 16.9 Å². The van der Waals surface area contributed by atoms with E-state index in [0.717, 1.165) is 43.4 Å². The monoisotopic (exact) mass is 358 g/mol. The number of carboxylic acid groups (broad SMARTS) is 1. The molecule has 0 aromatic heterocycles. The molecular formula is C23H34O3. The first kappa shape index (κ1) is 18.3. The number of fused-ring (bicyclic) bond motifs is 5. The van der Waals surface area contributed by atoms with Gasteiger partial charge in [-0.25, -0.2) is 0 Å². The highest BCUT2D eigenvalue weighted by atomic mass is 16.4. The number of carbonyl (C=O) groups is 2. The van der Waals surface area contributed by atoms with Gasteiger partial charge in [-0.3, -0.25) is 9.59 Å². The third-order valence-electron chi connectivity index (χ3n) is 9.06. The number of ketones is 1. The molecule has 0 aromatic rings. The van der Waals surface area contributed by atoms with Crippen LogP contribution in [0.2, 0.25) is 0 Å². The lowest BCUT2D eigenvalue weighted by Gasteiger charge is -2.59. The molecule has 4 saturated carbocycles. The maximum atomic E-state index is 12.5. The Bertz CT molecular complexity index is 635. The van der Waals surface area contributed by atoms with E-state index in [0.29, 0.717) is 23.5 Å². The van der Waals surface area contributed by atoms with E-state index in [1.54, 1.807) is 0 Å². The first-order valence-electron chi connectivity index (χ1n) is 10.8. The summed E-state index contributed by atoms with van der Waals surface area (Å²) in [6, 6.07) is 0. The van der Waals surface area contributed by atoms with Crippen molar-refractivity contribution in [3.63, 3.8) is 0 Å². The van der Waals surface area contributed by atoms with Gasteiger partial charge in [0.15, 0.2) is 0 Å². The zero-order valence-electron chi connectivity index (χ0n) is 16.4. The lowest BCUT2D eigenvalue weighted by Crippen LogP contribution is -2.53. The first-order valence-corrected chi connectivity index (χ1v) is 10.8. The van der Waals surface area contributed by atoms with E-state index in [1.165, 1.54) is 37.7 Å². The average Bonchev–Trinajstić information content (AvgIpc) is 2.90. The molecule has 4 fully saturated rings. The van der Waals surface area contributed by atoms with Gasteiger partial charge in [-0.2, -0.15) is 0 Å². The van der Waals surface area contributed by atoms with Crippen LogP contribution in [0.4, 0.5) is 0 Å². The summed E-state index contributed by atoms with van der Waals surface area (Å²) in [5, 5.41) is 8.86. The summed E-state index contributed by atoms with van der Waals surface area (Å²) in [4.78, 5) is 23.3. The molecule has 4 aliphatic rings. The summed E-state index contributed by atoms with van der Waals surface area (Å²) in [5.41, 5.74) is 1.92. The van der Waals surface area contributed by atoms with Gasteiger partial charge in [0.25, 0.3) is 0 Å². The summed E-state index contributed by atoms with van der Waals surface area (Å²) in [5.74, 6) is 2.80. The highest BCUT2D eigenvalue weighted by Gasteiger charge is 2.59. The van der Waals surface area contributed by atoms with Crippen molar-refractivity contribution in [2.24, 2.45) is 34.5 Å². The molecule has 0 spiro atoms. The minimum Gasteiger partial charge on any atom is -0.481 e. The molecule has 0 aromatic carbocycles. The number of hydrogen-bond acceptors (Lipinski definition) is 2. The molecule has 3 nitrogen and oxygen atoms in total. The number of hydrogen-bond donors (Lipinski definition) is 1. The van der Waals surface area contributed by atoms with Crippen molar-refractivity contribution >= 4 is 11.8 Å². The molecule has 6 atom stereocenters. The fourth-order valence-electron chi connectivity index (χ4n) is 7.46. The first-order chi connectivity index (χ1) is 12.3. The molecule has 26 heavy (non-hydrogen) atoms. The number of aliphatic carboxylic acids is 1. The van der Waals surface area contributed by atoms with Crippen LogP contribution in [0.25, 0.3) is 0 Å². The molecular weight excluding hydrogens is 324 g/mol. The molecule has 0 saturated heterocycles. The molecule has 0 heterocycles. The zero-order chi connectivity index (χ0) is 18.5. The molecule has 0 aliphatic heterocycles. The van der Waals surface area contributed by atoms with Crippen LogP contribution in [0.1, 0.15) is 84.5 Å². The second-order valence-corrected chi connectivity index (χ2v) is 10.1. The molecule has 4 aliphatic carbocycles. The molecule has 1 N–H and O–H groups in total. The Morgan fingerprint density at radius 3 is 2.69 bits per heavy atom. The van der Waals surface area contributed by atoms with Crippen LogP contribution in [0.3, 0.4) is 0 Å². The summed E-state index contributed by atoms with van der Waals surface area (Å²) < 4.78 is 0. The Kier molecular flexibility index (Phi) is 4.56. The van der Waals surface area contributed by atoms with Gasteiger partial charge >= 0.3 is 5.97 Å². The van der Waals surface area contributed by atoms with Gasteiger partial charge in [-0.1, -0.05) is 25.5 Å². The number of Topliss-reactive ketones (excluding diaryl/α,β-unsaturated/α-hetero) is 1. The Labute approximate surface area is 157 Å². The van der Waals surface area contributed by atoms with Crippen molar-refractivity contribution in [2.45, 2.75) is 84.5 Å². The molecule has 6 unspecified atom stereocenters. The van der Waals surface area contributed by atoms with E-state index >= 15 is 0 Å². The van der Waals surface area contributed by atoms with Gasteiger partial charge < -0.3 is 5.11 Å². The normalized spacial score (nSPS) is 46.5. The largest absolute Gasteiger partial charge is 0.481 e. The van der Waals surface area contributed by atoms with Gasteiger partial charge in [0.05, 0.1) is 0 Å². The molecule has 0 radical (unpaired) electrons. The SMILES string of the molecule is CC12CCC3C(CCC4C/C(=C\CCC(=O)O)CCC43C)C1CCC2=O. The molecule has 0 amide bonds. The Hall–Kier alpha value is -1.12. The second kappa shape index (κ2) is 6.49. The summed E-state index contributed by atoms with van der Waals surface area (Å²) in [6.45, 7) is 4.81. The Morgan fingerprint density at radius 2 is 1.92 bits per heavy atom. The van der Waals surface area contributed by atoms with Crippen molar-refractivity contribution in [1.29, 1.82) is 0 Å². The number of allylic oxidation sites excluding steroid dienone is 2.